The molecule has 0 N–H and O–H groups in total. The molecule has 1 atom stereocenters. The van der Waals surface area contributed by atoms with Crippen LogP contribution in [0.1, 0.15) is 47.5 Å². The molecular weight excluding hydrogens is 224 g/mol. The Labute approximate surface area is 109 Å². The van der Waals surface area contributed by atoms with E-state index < -0.39 is 8.32 Å². The third-order valence-electron chi connectivity index (χ3n) is 3.64. The summed E-state index contributed by atoms with van der Waals surface area (Å²) in [4.78, 5) is 0. The van der Waals surface area contributed by atoms with Crippen molar-refractivity contribution in [1.82, 2.24) is 0 Å². The Morgan fingerprint density at radius 2 is 1.65 bits per heavy atom. The lowest BCUT2D eigenvalue weighted by atomic mass is 10.0. The van der Waals surface area contributed by atoms with Crippen LogP contribution in [0.25, 0.3) is 0 Å². The molecule has 0 saturated carbocycles. The van der Waals surface area contributed by atoms with Crippen molar-refractivity contribution < 1.29 is 4.43 Å². The molecule has 0 spiro atoms. The molecule has 0 amide bonds. The van der Waals surface area contributed by atoms with Gasteiger partial charge in [0, 0.05) is 0 Å². The van der Waals surface area contributed by atoms with Crippen molar-refractivity contribution in [3.8, 4) is 0 Å². The summed E-state index contributed by atoms with van der Waals surface area (Å²) in [5, 5.41) is 0. The molecule has 100 valence electrons. The highest BCUT2D eigenvalue weighted by Gasteiger charge is 2.35. The quantitative estimate of drug-likeness (QED) is 0.400. The van der Waals surface area contributed by atoms with Gasteiger partial charge in [-0.1, -0.05) is 45.9 Å². The molecule has 0 saturated heterocycles. The van der Waals surface area contributed by atoms with Gasteiger partial charge in [-0.3, -0.25) is 0 Å². The van der Waals surface area contributed by atoms with Gasteiger partial charge in [0.15, 0.2) is 8.32 Å². The van der Waals surface area contributed by atoms with E-state index in [1.807, 2.05) is 6.08 Å². The van der Waals surface area contributed by atoms with E-state index in [2.05, 4.69) is 53.3 Å². The average molecular weight is 254 g/mol. The summed E-state index contributed by atoms with van der Waals surface area (Å²) < 4.78 is 6.60. The molecule has 0 rings (SSSR count). The van der Waals surface area contributed by atoms with Crippen LogP contribution in [-0.4, -0.2) is 13.9 Å². The SMILES string of the molecule is C=CCC(C)(/C=C/CC)O[Si](CC)(CC)CC. The second kappa shape index (κ2) is 7.88. The Kier molecular flexibility index (Phi) is 7.72. The minimum absolute atomic E-state index is 0.147. The minimum atomic E-state index is -1.54. The fourth-order valence-corrected chi connectivity index (χ4v) is 5.33. The summed E-state index contributed by atoms with van der Waals surface area (Å²) >= 11 is 0. The van der Waals surface area contributed by atoms with E-state index in [1.165, 1.54) is 18.1 Å². The highest BCUT2D eigenvalue weighted by atomic mass is 28.4. The van der Waals surface area contributed by atoms with E-state index in [0.29, 0.717) is 0 Å². The number of hydrogen-bond donors (Lipinski definition) is 0. The van der Waals surface area contributed by atoms with E-state index in [1.54, 1.807) is 0 Å². The van der Waals surface area contributed by atoms with Gasteiger partial charge >= 0.3 is 0 Å². The van der Waals surface area contributed by atoms with E-state index >= 15 is 0 Å². The fourth-order valence-electron chi connectivity index (χ4n) is 2.26. The first-order valence-corrected chi connectivity index (χ1v) is 9.53. The molecule has 0 bridgehead atoms. The first kappa shape index (κ1) is 16.7. The van der Waals surface area contributed by atoms with Gasteiger partial charge in [0.2, 0.25) is 0 Å². The molecule has 0 aromatic carbocycles. The fraction of sp³-hybridized carbons (Fsp3) is 0.733. The van der Waals surface area contributed by atoms with Gasteiger partial charge in [-0.15, -0.1) is 6.58 Å². The molecule has 0 aliphatic rings. The molecule has 0 fully saturated rings. The lowest BCUT2D eigenvalue weighted by Gasteiger charge is -2.38. The van der Waals surface area contributed by atoms with Crippen LogP contribution in [0.5, 0.6) is 0 Å². The van der Waals surface area contributed by atoms with Crippen molar-refractivity contribution in [2.24, 2.45) is 0 Å². The van der Waals surface area contributed by atoms with E-state index in [4.69, 9.17) is 4.43 Å². The number of allylic oxidation sites excluding steroid dienone is 1. The van der Waals surface area contributed by atoms with Gasteiger partial charge in [-0.05, 0) is 37.9 Å². The van der Waals surface area contributed by atoms with Crippen LogP contribution in [0.2, 0.25) is 18.1 Å². The predicted octanol–water partition coefficient (Wildman–Crippen LogP) is 5.31. The molecule has 1 nitrogen and oxygen atoms in total. The van der Waals surface area contributed by atoms with Crippen molar-refractivity contribution >= 4 is 8.32 Å². The van der Waals surface area contributed by atoms with Gasteiger partial charge < -0.3 is 4.43 Å². The van der Waals surface area contributed by atoms with Gasteiger partial charge in [-0.2, -0.15) is 0 Å². The van der Waals surface area contributed by atoms with Crippen molar-refractivity contribution in [2.75, 3.05) is 0 Å². The molecular formula is C15H30OSi. The highest BCUT2D eigenvalue weighted by Crippen LogP contribution is 2.31. The van der Waals surface area contributed by atoms with Crippen molar-refractivity contribution in [3.05, 3.63) is 24.8 Å². The number of hydrogen-bond acceptors (Lipinski definition) is 1. The smallest absolute Gasteiger partial charge is 0.193 e. The zero-order chi connectivity index (χ0) is 13.4. The summed E-state index contributed by atoms with van der Waals surface area (Å²) in [5.74, 6) is 0. The maximum absolute atomic E-state index is 6.60. The van der Waals surface area contributed by atoms with Gasteiger partial charge in [0.05, 0.1) is 5.60 Å². The second-order valence-corrected chi connectivity index (χ2v) is 9.65. The largest absolute Gasteiger partial charge is 0.408 e. The summed E-state index contributed by atoms with van der Waals surface area (Å²) in [6.45, 7) is 15.0. The summed E-state index contributed by atoms with van der Waals surface area (Å²) in [6.07, 6.45) is 8.38. The third-order valence-corrected chi connectivity index (χ3v) is 8.40. The van der Waals surface area contributed by atoms with Crippen LogP contribution >= 0.6 is 0 Å². The third kappa shape index (κ3) is 5.22. The van der Waals surface area contributed by atoms with Crippen LogP contribution in [0.4, 0.5) is 0 Å². The normalized spacial score (nSPS) is 16.1. The molecule has 1 unspecified atom stereocenters. The molecule has 0 aliphatic carbocycles. The predicted molar refractivity (Wildman–Crippen MR) is 80.9 cm³/mol. The first-order valence-electron chi connectivity index (χ1n) is 7.00. The van der Waals surface area contributed by atoms with Crippen molar-refractivity contribution in [3.63, 3.8) is 0 Å². The summed E-state index contributed by atoms with van der Waals surface area (Å²) in [7, 11) is -1.54. The molecule has 0 aliphatic heterocycles. The zero-order valence-electron chi connectivity index (χ0n) is 12.4. The van der Waals surface area contributed by atoms with Gasteiger partial charge in [-0.25, -0.2) is 0 Å². The highest BCUT2D eigenvalue weighted by molar-refractivity contribution is 6.73. The van der Waals surface area contributed by atoms with E-state index in [-0.39, 0.29) is 5.60 Å². The minimum Gasteiger partial charge on any atom is -0.408 e. The Morgan fingerprint density at radius 1 is 1.12 bits per heavy atom. The topological polar surface area (TPSA) is 9.23 Å². The van der Waals surface area contributed by atoms with Crippen LogP contribution in [0.3, 0.4) is 0 Å². The Bertz CT molecular complexity index is 235. The molecule has 0 radical (unpaired) electrons. The average Bonchev–Trinajstić information content (AvgIpc) is 2.34. The maximum Gasteiger partial charge on any atom is 0.193 e. The Balaban J connectivity index is 4.94. The van der Waals surface area contributed by atoms with Crippen LogP contribution in [0.15, 0.2) is 24.8 Å². The standard InChI is InChI=1S/C15H30OSi/c1-7-12-14-15(6,13-8-2)16-17(9-3,10-4)11-5/h8,12,14H,2,7,9-11,13H2,1,3-6H3/b14-12+. The number of rotatable bonds is 9. The first-order chi connectivity index (χ1) is 8.01. The Morgan fingerprint density at radius 3 is 2.00 bits per heavy atom. The molecule has 2 heteroatoms. The van der Waals surface area contributed by atoms with E-state index in [0.717, 1.165) is 12.8 Å². The maximum atomic E-state index is 6.60. The summed E-state index contributed by atoms with van der Waals surface area (Å²) in [6, 6.07) is 3.60. The van der Waals surface area contributed by atoms with Gasteiger partial charge in [0.25, 0.3) is 0 Å². The van der Waals surface area contributed by atoms with Crippen LogP contribution in [-0.2, 0) is 4.43 Å². The van der Waals surface area contributed by atoms with Crippen LogP contribution in [0, 0.1) is 0 Å². The molecule has 0 aromatic rings. The molecule has 0 heterocycles. The second-order valence-electron chi connectivity index (χ2n) is 4.96. The van der Waals surface area contributed by atoms with Crippen molar-refractivity contribution in [2.45, 2.75) is 71.2 Å². The van der Waals surface area contributed by atoms with Gasteiger partial charge in [0.1, 0.15) is 0 Å². The Hall–Kier alpha value is -0.343. The molecule has 17 heavy (non-hydrogen) atoms. The molecule has 0 aromatic heterocycles. The summed E-state index contributed by atoms with van der Waals surface area (Å²) in [5.41, 5.74) is -0.147. The zero-order valence-corrected chi connectivity index (χ0v) is 13.4. The van der Waals surface area contributed by atoms with E-state index in [9.17, 15) is 0 Å². The lowest BCUT2D eigenvalue weighted by Crippen LogP contribution is -2.44. The van der Waals surface area contributed by atoms with Crippen LogP contribution < -0.4 is 0 Å². The monoisotopic (exact) mass is 254 g/mol. The lowest BCUT2D eigenvalue weighted by molar-refractivity contribution is 0.129. The van der Waals surface area contributed by atoms with Crippen molar-refractivity contribution in [1.29, 1.82) is 0 Å².